The van der Waals surface area contributed by atoms with Gasteiger partial charge in [-0.25, -0.2) is 4.68 Å². The molecular formula is C21H20BrN3O2. The van der Waals surface area contributed by atoms with Crippen molar-refractivity contribution in [2.75, 3.05) is 6.61 Å². The number of halogens is 1. The molecule has 0 saturated carbocycles. The van der Waals surface area contributed by atoms with Crippen LogP contribution in [0.15, 0.2) is 53.1 Å². The molecule has 2 heterocycles. The van der Waals surface area contributed by atoms with Crippen molar-refractivity contribution in [3.8, 4) is 11.4 Å². The van der Waals surface area contributed by atoms with Crippen molar-refractivity contribution >= 4 is 21.8 Å². The van der Waals surface area contributed by atoms with E-state index in [4.69, 9.17) is 4.74 Å². The third-order valence-corrected chi connectivity index (χ3v) is 5.41. The second kappa shape index (κ2) is 7.19. The summed E-state index contributed by atoms with van der Waals surface area (Å²) in [6.07, 6.45) is 2.37. The van der Waals surface area contributed by atoms with E-state index in [-0.39, 0.29) is 11.9 Å². The van der Waals surface area contributed by atoms with E-state index in [9.17, 15) is 4.79 Å². The minimum absolute atomic E-state index is 0.0834. The van der Waals surface area contributed by atoms with E-state index in [1.165, 1.54) is 0 Å². The van der Waals surface area contributed by atoms with Gasteiger partial charge in [0.25, 0.3) is 5.91 Å². The third kappa shape index (κ3) is 3.37. The summed E-state index contributed by atoms with van der Waals surface area (Å²) in [5, 5.41) is 7.59. The number of fused-ring (bicyclic) bond motifs is 1. The quantitative estimate of drug-likeness (QED) is 0.671. The highest BCUT2D eigenvalue weighted by Gasteiger charge is 2.25. The normalized spacial score (nSPS) is 15.7. The first-order valence-corrected chi connectivity index (χ1v) is 9.67. The van der Waals surface area contributed by atoms with Gasteiger partial charge in [0.05, 0.1) is 35.8 Å². The molecule has 1 unspecified atom stereocenters. The molecule has 27 heavy (non-hydrogen) atoms. The number of amides is 1. The van der Waals surface area contributed by atoms with Gasteiger partial charge in [0.2, 0.25) is 0 Å². The molecule has 0 spiro atoms. The van der Waals surface area contributed by atoms with Crippen LogP contribution in [-0.2, 0) is 0 Å². The zero-order valence-electron chi connectivity index (χ0n) is 15.2. The molecule has 1 N–H and O–H groups in total. The lowest BCUT2D eigenvalue weighted by molar-refractivity contribution is 0.0924. The maximum atomic E-state index is 12.9. The summed E-state index contributed by atoms with van der Waals surface area (Å²) >= 11 is 3.50. The van der Waals surface area contributed by atoms with Gasteiger partial charge in [0.1, 0.15) is 5.75 Å². The Hall–Kier alpha value is -2.60. The van der Waals surface area contributed by atoms with Crippen molar-refractivity contribution in [1.82, 2.24) is 15.1 Å². The number of rotatable bonds is 3. The second-order valence-corrected chi connectivity index (χ2v) is 7.60. The Bertz CT molecular complexity index is 1010. The Morgan fingerprint density at radius 1 is 1.26 bits per heavy atom. The fourth-order valence-corrected chi connectivity index (χ4v) is 3.81. The monoisotopic (exact) mass is 425 g/mol. The van der Waals surface area contributed by atoms with Crippen molar-refractivity contribution in [2.45, 2.75) is 26.3 Å². The van der Waals surface area contributed by atoms with E-state index in [1.807, 2.05) is 61.0 Å². The van der Waals surface area contributed by atoms with Crippen LogP contribution in [0.4, 0.5) is 0 Å². The Balaban J connectivity index is 1.61. The van der Waals surface area contributed by atoms with E-state index in [1.54, 1.807) is 6.20 Å². The number of aryl methyl sites for hydroxylation is 1. The highest BCUT2D eigenvalue weighted by molar-refractivity contribution is 9.10. The summed E-state index contributed by atoms with van der Waals surface area (Å²) in [6, 6.07) is 13.8. The minimum atomic E-state index is -0.120. The molecule has 1 amide bonds. The molecule has 4 rings (SSSR count). The van der Waals surface area contributed by atoms with Gasteiger partial charge in [0, 0.05) is 16.5 Å². The molecule has 0 radical (unpaired) electrons. The SMILES string of the molecule is Cc1ccccc1-n1ncc(C(=O)NC2CCOc3ccc(Br)cc32)c1C. The van der Waals surface area contributed by atoms with Crippen molar-refractivity contribution < 1.29 is 9.53 Å². The van der Waals surface area contributed by atoms with Gasteiger partial charge in [-0.3, -0.25) is 4.79 Å². The van der Waals surface area contributed by atoms with Crippen LogP contribution in [0.3, 0.4) is 0 Å². The summed E-state index contributed by atoms with van der Waals surface area (Å²) in [6.45, 7) is 4.54. The molecule has 1 aromatic heterocycles. The van der Waals surface area contributed by atoms with Crippen LogP contribution in [0.5, 0.6) is 5.75 Å². The number of ether oxygens (including phenoxy) is 1. The molecule has 0 fully saturated rings. The summed E-state index contributed by atoms with van der Waals surface area (Å²) in [5.74, 6) is 0.701. The van der Waals surface area contributed by atoms with Crippen LogP contribution in [0, 0.1) is 13.8 Å². The van der Waals surface area contributed by atoms with Gasteiger partial charge in [-0.1, -0.05) is 34.1 Å². The standard InChI is InChI=1S/C21H20BrN3O2/c1-13-5-3-4-6-19(13)25-14(2)17(12-23-25)21(26)24-18-9-10-27-20-8-7-15(22)11-16(18)20/h3-8,11-12,18H,9-10H2,1-2H3,(H,24,26). The second-order valence-electron chi connectivity index (χ2n) is 6.69. The summed E-state index contributed by atoms with van der Waals surface area (Å²) in [7, 11) is 0. The lowest BCUT2D eigenvalue weighted by atomic mass is 10.00. The Labute approximate surface area is 166 Å². The number of para-hydroxylation sites is 1. The largest absolute Gasteiger partial charge is 0.493 e. The molecule has 0 aliphatic carbocycles. The van der Waals surface area contributed by atoms with Gasteiger partial charge in [0.15, 0.2) is 0 Å². The molecule has 0 bridgehead atoms. The molecule has 1 atom stereocenters. The van der Waals surface area contributed by atoms with E-state index >= 15 is 0 Å². The predicted octanol–water partition coefficient (Wildman–Crippen LogP) is 4.51. The lowest BCUT2D eigenvalue weighted by Gasteiger charge is -2.27. The molecule has 6 heteroatoms. The Morgan fingerprint density at radius 2 is 2.07 bits per heavy atom. The van der Waals surface area contributed by atoms with E-state index in [0.29, 0.717) is 12.2 Å². The van der Waals surface area contributed by atoms with Crippen molar-refractivity contribution in [3.63, 3.8) is 0 Å². The first kappa shape index (κ1) is 17.8. The van der Waals surface area contributed by atoms with Crippen LogP contribution in [-0.4, -0.2) is 22.3 Å². The van der Waals surface area contributed by atoms with Crippen LogP contribution in [0.1, 0.15) is 39.6 Å². The zero-order valence-corrected chi connectivity index (χ0v) is 16.8. The maximum absolute atomic E-state index is 12.9. The number of carbonyl (C=O) groups excluding carboxylic acids is 1. The number of carbonyl (C=O) groups is 1. The smallest absolute Gasteiger partial charge is 0.255 e. The van der Waals surface area contributed by atoms with Crippen molar-refractivity contribution in [3.05, 3.63) is 75.5 Å². The number of hydrogen-bond donors (Lipinski definition) is 1. The van der Waals surface area contributed by atoms with Crippen molar-refractivity contribution in [1.29, 1.82) is 0 Å². The van der Waals surface area contributed by atoms with E-state index in [0.717, 1.165) is 39.2 Å². The van der Waals surface area contributed by atoms with Crippen LogP contribution in [0.25, 0.3) is 5.69 Å². The van der Waals surface area contributed by atoms with Gasteiger partial charge in [-0.05, 0) is 43.7 Å². The predicted molar refractivity (Wildman–Crippen MR) is 107 cm³/mol. The number of nitrogens with one attached hydrogen (secondary N) is 1. The molecule has 138 valence electrons. The van der Waals surface area contributed by atoms with Crippen LogP contribution in [0.2, 0.25) is 0 Å². The third-order valence-electron chi connectivity index (χ3n) is 4.91. The Kier molecular flexibility index (Phi) is 4.74. The van der Waals surface area contributed by atoms with Gasteiger partial charge >= 0.3 is 0 Å². The number of hydrogen-bond acceptors (Lipinski definition) is 3. The average molecular weight is 426 g/mol. The summed E-state index contributed by atoms with van der Waals surface area (Å²) in [5.41, 5.74) is 4.49. The molecule has 1 aliphatic heterocycles. The van der Waals surface area contributed by atoms with E-state index < -0.39 is 0 Å². The summed E-state index contributed by atoms with van der Waals surface area (Å²) in [4.78, 5) is 12.9. The van der Waals surface area contributed by atoms with E-state index in [2.05, 4.69) is 26.3 Å². The molecule has 3 aromatic rings. The highest BCUT2D eigenvalue weighted by atomic mass is 79.9. The number of nitrogens with zero attached hydrogens (tertiary/aromatic N) is 2. The maximum Gasteiger partial charge on any atom is 0.255 e. The first-order chi connectivity index (χ1) is 13.0. The van der Waals surface area contributed by atoms with Gasteiger partial charge in [-0.15, -0.1) is 0 Å². The molecule has 0 saturated heterocycles. The minimum Gasteiger partial charge on any atom is -0.493 e. The lowest BCUT2D eigenvalue weighted by Crippen LogP contribution is -2.32. The van der Waals surface area contributed by atoms with Gasteiger partial charge < -0.3 is 10.1 Å². The zero-order chi connectivity index (χ0) is 19.0. The average Bonchev–Trinajstić information content (AvgIpc) is 3.04. The molecule has 5 nitrogen and oxygen atoms in total. The first-order valence-electron chi connectivity index (χ1n) is 8.88. The topological polar surface area (TPSA) is 56.2 Å². The van der Waals surface area contributed by atoms with Gasteiger partial charge in [-0.2, -0.15) is 5.10 Å². The molecule has 1 aliphatic rings. The highest BCUT2D eigenvalue weighted by Crippen LogP contribution is 2.34. The molecular weight excluding hydrogens is 406 g/mol. The fraction of sp³-hybridized carbons (Fsp3) is 0.238. The molecule has 2 aromatic carbocycles. The summed E-state index contributed by atoms with van der Waals surface area (Å²) < 4.78 is 8.49. The fourth-order valence-electron chi connectivity index (χ4n) is 3.43. The van der Waals surface area contributed by atoms with Crippen LogP contribution < -0.4 is 10.1 Å². The Morgan fingerprint density at radius 3 is 2.89 bits per heavy atom. The van der Waals surface area contributed by atoms with Crippen LogP contribution >= 0.6 is 15.9 Å². The number of benzene rings is 2. The number of aromatic nitrogens is 2. The van der Waals surface area contributed by atoms with Crippen molar-refractivity contribution in [2.24, 2.45) is 0 Å².